The summed E-state index contributed by atoms with van der Waals surface area (Å²) in [6.45, 7) is 3.69. The number of nitrogens with two attached hydrogens (primary N) is 1. The van der Waals surface area contributed by atoms with E-state index >= 15 is 0 Å². The van der Waals surface area contributed by atoms with Crippen molar-refractivity contribution in [3.8, 4) is 11.8 Å². The molecule has 0 aliphatic heterocycles. The predicted octanol–water partition coefficient (Wildman–Crippen LogP) is 1.03. The second-order valence-corrected chi connectivity index (χ2v) is 4.05. The molecule has 0 aliphatic rings. The highest BCUT2D eigenvalue weighted by molar-refractivity contribution is 5.77. The molecule has 0 aliphatic carbocycles. The van der Waals surface area contributed by atoms with Crippen molar-refractivity contribution in [3.05, 3.63) is 29.3 Å². The first kappa shape index (κ1) is 14.0. The zero-order valence-electron chi connectivity index (χ0n) is 10.6. The summed E-state index contributed by atoms with van der Waals surface area (Å²) in [5, 5.41) is 10.7. The summed E-state index contributed by atoms with van der Waals surface area (Å²) in [4.78, 5) is 11.3. The number of carbonyl (C=O) groups excluding carboxylic acids is 1. The summed E-state index contributed by atoms with van der Waals surface area (Å²) in [7, 11) is 0. The molecule has 0 heterocycles. The Labute approximate surface area is 107 Å². The van der Waals surface area contributed by atoms with E-state index in [9.17, 15) is 4.79 Å². The van der Waals surface area contributed by atoms with Gasteiger partial charge in [0.1, 0.15) is 12.3 Å². The van der Waals surface area contributed by atoms with Gasteiger partial charge < -0.3 is 15.8 Å². The minimum absolute atomic E-state index is 0.0176. The van der Waals surface area contributed by atoms with E-state index in [1.54, 1.807) is 6.07 Å². The van der Waals surface area contributed by atoms with Gasteiger partial charge in [0.25, 0.3) is 5.91 Å². The molecule has 1 aromatic carbocycles. The number of hydrogen-bond acceptors (Lipinski definition) is 4. The van der Waals surface area contributed by atoms with Crippen LogP contribution in [-0.2, 0) is 4.79 Å². The minimum atomic E-state index is -0.326. The average molecular weight is 247 g/mol. The van der Waals surface area contributed by atoms with Gasteiger partial charge in [-0.15, -0.1) is 0 Å². The van der Waals surface area contributed by atoms with Gasteiger partial charge in [-0.05, 0) is 19.9 Å². The third kappa shape index (κ3) is 4.07. The zero-order valence-corrected chi connectivity index (χ0v) is 10.6. The van der Waals surface area contributed by atoms with Crippen LogP contribution in [0.5, 0.6) is 5.75 Å². The number of aryl methyl sites for hydroxylation is 1. The molecular weight excluding hydrogens is 230 g/mol. The lowest BCUT2D eigenvalue weighted by Crippen LogP contribution is -2.29. The molecule has 1 amide bonds. The lowest BCUT2D eigenvalue weighted by Gasteiger charge is -2.14. The number of rotatable bonds is 5. The largest absolute Gasteiger partial charge is 0.483 e. The van der Waals surface area contributed by atoms with Crippen molar-refractivity contribution < 1.29 is 9.53 Å². The van der Waals surface area contributed by atoms with Crippen LogP contribution in [0.3, 0.4) is 0 Å². The minimum Gasteiger partial charge on any atom is -0.483 e. The van der Waals surface area contributed by atoms with E-state index in [1.807, 2.05) is 32.0 Å². The zero-order chi connectivity index (χ0) is 13.5. The Bertz CT molecular complexity index is 464. The van der Waals surface area contributed by atoms with Crippen LogP contribution in [0.4, 0.5) is 0 Å². The van der Waals surface area contributed by atoms with E-state index in [2.05, 4.69) is 5.32 Å². The van der Waals surface area contributed by atoms with E-state index in [-0.39, 0.29) is 25.1 Å². The maximum Gasteiger partial charge on any atom is 0.258 e. The third-order valence-electron chi connectivity index (χ3n) is 2.38. The number of hydrogen-bond donors (Lipinski definition) is 2. The topological polar surface area (TPSA) is 88.1 Å². The number of amides is 1. The highest BCUT2D eigenvalue weighted by Gasteiger charge is 2.10. The summed E-state index contributed by atoms with van der Waals surface area (Å²) in [6.07, 6.45) is 0. The average Bonchev–Trinajstić information content (AvgIpc) is 2.34. The Morgan fingerprint density at radius 2 is 2.33 bits per heavy atom. The normalized spacial score (nSPS) is 11.4. The van der Waals surface area contributed by atoms with Gasteiger partial charge in [0, 0.05) is 11.6 Å². The monoisotopic (exact) mass is 247 g/mol. The molecule has 0 spiro atoms. The number of nitrogens with zero attached hydrogens (tertiary/aromatic N) is 1. The highest BCUT2D eigenvalue weighted by Crippen LogP contribution is 2.24. The molecule has 0 aromatic heterocycles. The second-order valence-electron chi connectivity index (χ2n) is 4.05. The maximum absolute atomic E-state index is 11.3. The molecule has 18 heavy (non-hydrogen) atoms. The van der Waals surface area contributed by atoms with E-state index < -0.39 is 0 Å². The van der Waals surface area contributed by atoms with Crippen LogP contribution in [0, 0.1) is 18.3 Å². The highest BCUT2D eigenvalue weighted by atomic mass is 16.5. The molecule has 0 saturated carbocycles. The first-order valence-corrected chi connectivity index (χ1v) is 5.67. The van der Waals surface area contributed by atoms with Gasteiger partial charge in [0.05, 0.1) is 6.07 Å². The first-order chi connectivity index (χ1) is 8.54. The summed E-state index contributed by atoms with van der Waals surface area (Å²) < 4.78 is 5.41. The van der Waals surface area contributed by atoms with Crippen molar-refractivity contribution in [2.24, 2.45) is 5.73 Å². The molecule has 1 aromatic rings. The van der Waals surface area contributed by atoms with Crippen molar-refractivity contribution in [3.63, 3.8) is 0 Å². The molecule has 3 N–H and O–H groups in total. The van der Waals surface area contributed by atoms with E-state index in [0.29, 0.717) is 5.75 Å². The molecule has 0 saturated heterocycles. The molecule has 0 bridgehead atoms. The van der Waals surface area contributed by atoms with E-state index in [1.165, 1.54) is 0 Å². The van der Waals surface area contributed by atoms with Gasteiger partial charge in [0.2, 0.25) is 0 Å². The van der Waals surface area contributed by atoms with Crippen LogP contribution in [-0.4, -0.2) is 19.1 Å². The fraction of sp³-hybridized carbons (Fsp3) is 0.385. The predicted molar refractivity (Wildman–Crippen MR) is 67.9 cm³/mol. The smallest absolute Gasteiger partial charge is 0.258 e. The molecular formula is C13H17N3O2. The quantitative estimate of drug-likeness (QED) is 0.761. The first-order valence-electron chi connectivity index (χ1n) is 5.67. The van der Waals surface area contributed by atoms with Gasteiger partial charge in [-0.3, -0.25) is 4.79 Å². The van der Waals surface area contributed by atoms with Crippen molar-refractivity contribution in [1.29, 1.82) is 5.26 Å². The fourth-order valence-electron chi connectivity index (χ4n) is 1.49. The number of nitriles is 1. The SMILES string of the molecule is Cc1ccc(OCC(=O)NCC#N)c([C@H](C)N)c1. The Morgan fingerprint density at radius 1 is 1.61 bits per heavy atom. The Kier molecular flexibility index (Phi) is 5.15. The van der Waals surface area contributed by atoms with Gasteiger partial charge in [-0.2, -0.15) is 5.26 Å². The van der Waals surface area contributed by atoms with Crippen LogP contribution in [0.25, 0.3) is 0 Å². The summed E-state index contributed by atoms with van der Waals surface area (Å²) in [5.74, 6) is 0.274. The molecule has 1 atom stereocenters. The molecule has 0 radical (unpaired) electrons. The van der Waals surface area contributed by atoms with Gasteiger partial charge in [-0.25, -0.2) is 0 Å². The summed E-state index contributed by atoms with van der Waals surface area (Å²) in [5.41, 5.74) is 7.80. The van der Waals surface area contributed by atoms with Gasteiger partial charge in [0.15, 0.2) is 6.61 Å². The molecule has 5 heteroatoms. The van der Waals surface area contributed by atoms with Crippen molar-refractivity contribution in [2.75, 3.05) is 13.2 Å². The molecule has 0 fully saturated rings. The Hall–Kier alpha value is -2.06. The standard InChI is InChI=1S/C13H17N3O2/c1-9-3-4-12(11(7-9)10(2)15)18-8-13(17)16-6-5-14/h3-4,7,10H,6,8,15H2,1-2H3,(H,16,17)/t10-/m0/s1. The van der Waals surface area contributed by atoms with Crippen LogP contribution >= 0.6 is 0 Å². The van der Waals surface area contributed by atoms with Gasteiger partial charge >= 0.3 is 0 Å². The molecule has 96 valence electrons. The van der Waals surface area contributed by atoms with Crippen molar-refractivity contribution in [1.82, 2.24) is 5.32 Å². The number of ether oxygens (including phenoxy) is 1. The van der Waals surface area contributed by atoms with Crippen LogP contribution in [0.2, 0.25) is 0 Å². The van der Waals surface area contributed by atoms with Crippen LogP contribution < -0.4 is 15.8 Å². The van der Waals surface area contributed by atoms with Crippen LogP contribution in [0.1, 0.15) is 24.1 Å². The summed E-state index contributed by atoms with van der Waals surface area (Å²) >= 11 is 0. The van der Waals surface area contributed by atoms with Crippen LogP contribution in [0.15, 0.2) is 18.2 Å². The Balaban J connectivity index is 2.67. The molecule has 1 rings (SSSR count). The molecule has 0 unspecified atom stereocenters. The van der Waals surface area contributed by atoms with Crippen molar-refractivity contribution in [2.45, 2.75) is 19.9 Å². The van der Waals surface area contributed by atoms with Gasteiger partial charge in [-0.1, -0.05) is 17.7 Å². The third-order valence-corrected chi connectivity index (χ3v) is 2.38. The van der Waals surface area contributed by atoms with Crippen molar-refractivity contribution >= 4 is 5.91 Å². The fourth-order valence-corrected chi connectivity index (χ4v) is 1.49. The molecule has 5 nitrogen and oxygen atoms in total. The maximum atomic E-state index is 11.3. The lowest BCUT2D eigenvalue weighted by molar-refractivity contribution is -0.122. The lowest BCUT2D eigenvalue weighted by atomic mass is 10.1. The second kappa shape index (κ2) is 6.62. The van der Waals surface area contributed by atoms with E-state index in [0.717, 1.165) is 11.1 Å². The summed E-state index contributed by atoms with van der Waals surface area (Å²) in [6, 6.07) is 7.29. The van der Waals surface area contributed by atoms with E-state index in [4.69, 9.17) is 15.7 Å². The number of carbonyl (C=O) groups is 1. The Morgan fingerprint density at radius 3 is 2.94 bits per heavy atom. The number of benzene rings is 1. The number of nitrogens with one attached hydrogen (secondary N) is 1.